The number of benzene rings is 6. The number of aliphatic hydroxyl groups excluding tert-OH is 6. The molecule has 0 aliphatic carbocycles. The van der Waals surface area contributed by atoms with Crippen LogP contribution in [0.1, 0.15) is 111 Å². The molecular weight excluding hydrogens is 1900 g/mol. The summed E-state index contributed by atoms with van der Waals surface area (Å²) < 4.78 is 5.47. The highest BCUT2D eigenvalue weighted by atomic mass is 35.5. The van der Waals surface area contributed by atoms with Crippen molar-refractivity contribution in [1.29, 1.82) is 0 Å². The van der Waals surface area contributed by atoms with Crippen molar-refractivity contribution in [2.24, 2.45) is 30.0 Å². The van der Waals surface area contributed by atoms with Crippen LogP contribution in [0.5, 0.6) is 5.75 Å². The second kappa shape index (κ2) is 47.7. The van der Waals surface area contributed by atoms with Crippen LogP contribution in [0, 0.1) is 34.6 Å². The van der Waals surface area contributed by atoms with Crippen LogP contribution in [0.3, 0.4) is 0 Å². The molecule has 13 N–H and O–H groups in total. The first-order chi connectivity index (χ1) is 70.0. The molecule has 147 heavy (non-hydrogen) atoms. The van der Waals surface area contributed by atoms with Crippen LogP contribution >= 0.6 is 11.6 Å². The van der Waals surface area contributed by atoms with Gasteiger partial charge in [0.05, 0.1) is 88.0 Å². The molecule has 0 radical (unpaired) electrons. The largest absolute Gasteiger partial charge is 0.494 e. The van der Waals surface area contributed by atoms with Crippen LogP contribution in [0.4, 0.5) is 114 Å². The van der Waals surface area contributed by atoms with Crippen molar-refractivity contribution in [2.45, 2.75) is 131 Å². The SMILES string of the molecule is C=c1nc2c(c(=O)[nH]1)=Nc1cc(C)c(Cl)cc1N2C[C@H](O)[C@H](O)[C@H](O)CO.C=c1nc2c(c(=O)[nH]1)=Nc1cc(C)c(N(C)C)cc1N2CCCC.C=c1nc2c(c(=O)[nH]1)=Nc1cc(C)c(N(C)C)cc1N2CCCCCO.C=c1nc2c(c(=O)[nH]1)=Nc1cc(C)c(N(C)C)cc1N2CCCO.C=c1nc2c(c(=O)[nH]1)=Nc1cc(C)c(NCCN(C)C)cc1N2CCCC.C=c1nc2c(c(=O)[nH]1)=Nc1ccc(OCC)cc1C2. The van der Waals surface area contributed by atoms with Crippen LogP contribution in [0.25, 0.3) is 39.5 Å². The van der Waals surface area contributed by atoms with E-state index in [1.54, 1.807) is 19.1 Å². The zero-order valence-electron chi connectivity index (χ0n) is 85.9. The Morgan fingerprint density at radius 3 is 1.12 bits per heavy atom. The molecule has 6 aromatic carbocycles. The van der Waals surface area contributed by atoms with Gasteiger partial charge < -0.3 is 115 Å². The smallest absolute Gasteiger partial charge is 0.279 e. The van der Waals surface area contributed by atoms with Crippen molar-refractivity contribution in [3.63, 3.8) is 0 Å². The second-order valence-electron chi connectivity index (χ2n) is 36.9. The summed E-state index contributed by atoms with van der Waals surface area (Å²) in [5, 5.41) is 62.8. The Labute approximate surface area is 851 Å². The first-order valence-electron chi connectivity index (χ1n) is 48.4. The molecule has 774 valence electrons. The quantitative estimate of drug-likeness (QED) is 0.0309. The molecule has 0 unspecified atom stereocenters. The molecule has 0 fully saturated rings. The zero-order chi connectivity index (χ0) is 107. The number of likely N-dealkylation sites (N-methyl/N-ethyl adjacent to an activating group) is 1. The Morgan fingerprint density at radius 1 is 0.401 bits per heavy atom. The number of ether oxygens (including phenoxy) is 1. The van der Waals surface area contributed by atoms with Gasteiger partial charge in [-0.05, 0) is 206 Å². The number of halogens is 1. The Kier molecular flexibility index (Phi) is 35.3. The lowest BCUT2D eigenvalue weighted by molar-refractivity contribution is -0.0726. The molecule has 0 spiro atoms. The van der Waals surface area contributed by atoms with Gasteiger partial charge in [-0.2, -0.15) is 0 Å². The molecule has 6 aliphatic heterocycles. The highest BCUT2D eigenvalue weighted by molar-refractivity contribution is 6.31. The number of nitrogens with zero attached hydrogens (tertiary/aromatic N) is 21. The zero-order valence-corrected chi connectivity index (χ0v) is 86.7. The predicted octanol–water partition coefficient (Wildman–Crippen LogP) is 3.94. The number of hydrogen-bond acceptors (Lipinski definition) is 35. The van der Waals surface area contributed by atoms with Crippen molar-refractivity contribution in [1.82, 2.24) is 64.7 Å². The van der Waals surface area contributed by atoms with Crippen molar-refractivity contribution in [3.8, 4) is 5.75 Å². The van der Waals surface area contributed by atoms with Crippen LogP contribution < -0.4 is 148 Å². The van der Waals surface area contributed by atoms with Gasteiger partial charge in [0.15, 0.2) is 61.2 Å². The Hall–Kier alpha value is -15.4. The molecule has 41 nitrogen and oxygen atoms in total. The molecule has 0 saturated heterocycles. The molecule has 3 atom stereocenters. The van der Waals surface area contributed by atoms with Gasteiger partial charge in [-0.3, -0.25) is 28.8 Å². The van der Waals surface area contributed by atoms with E-state index in [4.69, 9.17) is 26.6 Å². The Balaban J connectivity index is 0.000000148. The maximum Gasteiger partial charge on any atom is 0.279 e. The van der Waals surface area contributed by atoms with E-state index in [9.17, 15) is 49.2 Å². The molecule has 0 bridgehead atoms. The van der Waals surface area contributed by atoms with E-state index in [1.165, 1.54) is 4.90 Å². The number of anilines is 14. The van der Waals surface area contributed by atoms with Gasteiger partial charge in [-0.15, -0.1) is 0 Å². The molecule has 0 saturated carbocycles. The highest BCUT2D eigenvalue weighted by Gasteiger charge is 2.34. The van der Waals surface area contributed by atoms with Gasteiger partial charge in [0.2, 0.25) is 0 Å². The van der Waals surface area contributed by atoms with Gasteiger partial charge in [0.25, 0.3) is 33.4 Å². The van der Waals surface area contributed by atoms with Crippen LogP contribution in [0.15, 0.2) is 138 Å². The summed E-state index contributed by atoms with van der Waals surface area (Å²) in [7, 11) is 16.1. The fourth-order valence-electron chi connectivity index (χ4n) is 17.4. The number of aromatic amines is 6. The van der Waals surface area contributed by atoms with Gasteiger partial charge in [-0.1, -0.05) is 77.8 Å². The van der Waals surface area contributed by atoms with Gasteiger partial charge in [0.1, 0.15) is 56.9 Å². The minimum Gasteiger partial charge on any atom is -0.494 e. The van der Waals surface area contributed by atoms with Crippen LogP contribution in [-0.4, -0.2) is 242 Å². The fraction of sp³-hybridized carbons (Fsp3) is 0.371. The Morgan fingerprint density at radius 2 is 0.748 bits per heavy atom. The highest BCUT2D eigenvalue weighted by Crippen LogP contribution is 2.45. The fourth-order valence-corrected chi connectivity index (χ4v) is 17.5. The molecule has 6 aromatic heterocycles. The summed E-state index contributed by atoms with van der Waals surface area (Å²) >= 11 is 6.22. The van der Waals surface area contributed by atoms with E-state index in [2.05, 4.69) is 219 Å². The van der Waals surface area contributed by atoms with E-state index in [1.807, 2.05) is 126 Å². The number of rotatable bonds is 28. The van der Waals surface area contributed by atoms with E-state index < -0.39 is 30.5 Å². The average molecular weight is 2030 g/mol. The lowest BCUT2D eigenvalue weighted by atomic mass is 10.0. The number of H-pyrrole nitrogens is 6. The minimum atomic E-state index is -1.61. The van der Waals surface area contributed by atoms with Crippen molar-refractivity contribution < 1.29 is 35.4 Å². The van der Waals surface area contributed by atoms with Gasteiger partial charge in [0, 0.05) is 129 Å². The maximum atomic E-state index is 12.4. The third-order valence-corrected chi connectivity index (χ3v) is 25.1. The summed E-state index contributed by atoms with van der Waals surface area (Å²) in [6.07, 6.45) is 3.21. The lowest BCUT2D eigenvalue weighted by Gasteiger charge is -2.32. The van der Waals surface area contributed by atoms with Gasteiger partial charge >= 0.3 is 0 Å². The van der Waals surface area contributed by atoms with E-state index in [-0.39, 0.29) is 69.6 Å². The number of aliphatic hydroxyl groups is 6. The second-order valence-corrected chi connectivity index (χ2v) is 37.3. The van der Waals surface area contributed by atoms with Crippen molar-refractivity contribution in [2.75, 3.05) is 173 Å². The molecule has 6 aliphatic rings. The lowest BCUT2D eigenvalue weighted by Crippen LogP contribution is -2.48. The average Bonchev–Trinajstić information content (AvgIpc) is 0.757. The van der Waals surface area contributed by atoms with E-state index in [0.29, 0.717) is 127 Å². The van der Waals surface area contributed by atoms with E-state index >= 15 is 0 Å². The first kappa shape index (κ1) is 109. The Bertz CT molecular complexity index is 8010. The maximum absolute atomic E-state index is 12.4. The number of unbranched alkanes of at least 4 members (excludes halogenated alkanes) is 4. The minimum absolute atomic E-state index is 0.0287. The monoisotopic (exact) mass is 2020 g/mol. The first-order valence-corrected chi connectivity index (χ1v) is 48.8. The topological polar surface area (TPSA) is 520 Å². The number of hydrogen-bond donors (Lipinski definition) is 13. The number of aromatic nitrogens is 12. The number of β-amino-alcohol motifs (C(OH)–C–C–N with tert-alkyl or cyclic N) is 1. The molecule has 12 heterocycles. The summed E-state index contributed by atoms with van der Waals surface area (Å²) in [6, 6.07) is 25.4. The van der Waals surface area contributed by atoms with Crippen molar-refractivity contribution in [3.05, 3.63) is 250 Å². The summed E-state index contributed by atoms with van der Waals surface area (Å²) in [5.74, 6) is 3.16. The number of aryl methyl sites for hydroxylation is 5. The summed E-state index contributed by atoms with van der Waals surface area (Å²) in [6.45, 7) is 43.1. The summed E-state index contributed by atoms with van der Waals surface area (Å²) in [5.41, 5.74) is 19.8. The number of nitrogens with one attached hydrogen (secondary N) is 7. The van der Waals surface area contributed by atoms with Gasteiger partial charge in [-0.25, -0.2) is 59.9 Å². The van der Waals surface area contributed by atoms with Crippen molar-refractivity contribution >= 4 is 165 Å². The van der Waals surface area contributed by atoms with Crippen LogP contribution in [0.2, 0.25) is 5.02 Å². The number of fused-ring (bicyclic) bond motifs is 12. The normalized spacial score (nSPS) is 13.1. The predicted molar refractivity (Wildman–Crippen MR) is 579 cm³/mol. The van der Waals surface area contributed by atoms with E-state index in [0.717, 1.165) is 184 Å². The third-order valence-electron chi connectivity index (χ3n) is 24.7. The standard InChI is InChI=1S/C20H28N6O.C19H25N5O2.C18H23N5O.C17H19ClN4O5.C17H21N5O2.C14H13N3O2/c1-6-7-9-26-17-12-15(21-8-10-25(4)5)13(2)11-16(17)24-18-19(26)22-14(3)23-20(18)27;1-12-10-14-16(11-15(12)23(3)4)24(8-6-5-7-9-25)18-17(22-14)19(26)21-13(2)20-18;1-6-7-8-23-15-10-14(22(4)5)11(2)9-13(15)21-16-17(23)19-12(3)20-18(16)24;1-7-3-10-11(4-9(7)18)22(5-12(24)15(26)13(25)6-23)16-14(21-10)17(27)20-8(2)19-16;1-10-8-12-14(9-13(10)21(3)4)22(6-5-7-23)16-15(20-12)17(24)19-11(2)18-16;1-3-19-10-4-5-11-9(6-10)7-12-13(17-11)14(18)16-8(2)15-12/h11-12,21H,3,6-10H2,1-2,4-5H3,(H,23,27);10-11,25H,2,5-9H2,1,3-4H3,(H,21,26);9-10H,3,6-8H2,1-2,4-5H3,(H,20,24);3-4,12-13,15,23-26H,2,5-6H2,1H3,(H,20,27);8-9,23H,2,5-7H2,1,3-4H3,(H,19,24);4-6H,2-3,7H2,1H3,(H,16,18)/t;;;12-,13+,15-;;/m...0../s1. The third kappa shape index (κ3) is 24.9. The summed E-state index contributed by atoms with van der Waals surface area (Å²) in [4.78, 5) is 160. The molecule has 12 aromatic rings. The molecule has 18 rings (SSSR count). The molecular formula is C105H129ClN28O13. The molecule has 0 amide bonds. The van der Waals surface area contributed by atoms with Crippen LogP contribution in [-0.2, 0) is 6.42 Å². The molecule has 42 heteroatoms.